The molecule has 1 N–H and O–H groups in total. The molecular weight excluding hydrogens is 277 g/mol. The van der Waals surface area contributed by atoms with Crippen molar-refractivity contribution in [2.75, 3.05) is 12.4 Å². The minimum absolute atomic E-state index is 0.0468. The molecule has 1 aromatic carbocycles. The maximum Gasteiger partial charge on any atom is 0.224 e. The van der Waals surface area contributed by atoms with E-state index in [0.717, 1.165) is 12.8 Å². The topological polar surface area (TPSA) is 29.1 Å². The zero-order chi connectivity index (χ0) is 14.4. The van der Waals surface area contributed by atoms with Gasteiger partial charge in [-0.2, -0.15) is 0 Å². The van der Waals surface area contributed by atoms with Crippen LogP contribution in [-0.2, 0) is 11.2 Å². The lowest BCUT2D eigenvalue weighted by Crippen LogP contribution is -2.35. The summed E-state index contributed by atoms with van der Waals surface area (Å²) in [4.78, 5) is 11.9. The molecule has 1 saturated carbocycles. The van der Waals surface area contributed by atoms with Crippen molar-refractivity contribution < 1.29 is 9.18 Å². The number of carbonyl (C=O) groups is 1. The molecule has 2 unspecified atom stereocenters. The normalized spacial score (nSPS) is 22.5. The van der Waals surface area contributed by atoms with Crippen molar-refractivity contribution in [3.8, 4) is 0 Å². The molecule has 1 aliphatic carbocycles. The molecule has 0 aliphatic heterocycles. The molecule has 0 bridgehead atoms. The van der Waals surface area contributed by atoms with E-state index in [-0.39, 0.29) is 18.1 Å². The van der Waals surface area contributed by atoms with Crippen LogP contribution in [0.1, 0.15) is 31.2 Å². The number of carbonyl (C=O) groups excluding carboxylic acids is 1. The van der Waals surface area contributed by atoms with E-state index in [9.17, 15) is 9.18 Å². The third-order valence-electron chi connectivity index (χ3n) is 4.08. The molecule has 0 heterocycles. The lowest BCUT2D eigenvalue weighted by atomic mass is 9.80. The van der Waals surface area contributed by atoms with E-state index < -0.39 is 0 Å². The van der Waals surface area contributed by atoms with E-state index in [1.807, 2.05) is 0 Å². The predicted octanol–water partition coefficient (Wildman–Crippen LogP) is 3.53. The summed E-state index contributed by atoms with van der Waals surface area (Å²) >= 11 is 5.98. The summed E-state index contributed by atoms with van der Waals surface area (Å²) < 4.78 is 13.0. The quantitative estimate of drug-likeness (QED) is 0.828. The average Bonchev–Trinajstić information content (AvgIpc) is 2.45. The zero-order valence-corrected chi connectivity index (χ0v) is 12.3. The van der Waals surface area contributed by atoms with Gasteiger partial charge in [-0.05, 0) is 42.4 Å². The van der Waals surface area contributed by atoms with Crippen LogP contribution in [0.15, 0.2) is 24.3 Å². The summed E-state index contributed by atoms with van der Waals surface area (Å²) in [5.74, 6) is 1.32. The number of alkyl halides is 1. The van der Waals surface area contributed by atoms with Crippen LogP contribution < -0.4 is 5.32 Å². The van der Waals surface area contributed by atoms with Gasteiger partial charge < -0.3 is 5.32 Å². The van der Waals surface area contributed by atoms with Gasteiger partial charge in [0.1, 0.15) is 5.82 Å². The number of rotatable bonds is 5. The van der Waals surface area contributed by atoms with Gasteiger partial charge in [0, 0.05) is 12.4 Å². The first kappa shape index (κ1) is 15.3. The van der Waals surface area contributed by atoms with Crippen LogP contribution in [0.3, 0.4) is 0 Å². The summed E-state index contributed by atoms with van der Waals surface area (Å²) in [5, 5.41) is 2.96. The number of halogens is 2. The van der Waals surface area contributed by atoms with Crippen molar-refractivity contribution in [1.29, 1.82) is 0 Å². The van der Waals surface area contributed by atoms with Gasteiger partial charge in [0.15, 0.2) is 0 Å². The Kier molecular flexibility index (Phi) is 5.84. The average molecular weight is 298 g/mol. The van der Waals surface area contributed by atoms with Crippen molar-refractivity contribution in [2.24, 2.45) is 11.8 Å². The molecule has 0 saturated heterocycles. The van der Waals surface area contributed by atoms with Crippen LogP contribution in [0, 0.1) is 17.7 Å². The van der Waals surface area contributed by atoms with Gasteiger partial charge in [0.05, 0.1) is 6.42 Å². The third-order valence-corrected chi connectivity index (χ3v) is 4.48. The van der Waals surface area contributed by atoms with Crippen molar-refractivity contribution in [2.45, 2.75) is 32.1 Å². The van der Waals surface area contributed by atoms with Gasteiger partial charge in [0.2, 0.25) is 5.91 Å². The molecule has 4 heteroatoms. The molecule has 2 nitrogen and oxygen atoms in total. The highest BCUT2D eigenvalue weighted by molar-refractivity contribution is 6.18. The number of benzene rings is 1. The minimum Gasteiger partial charge on any atom is -0.356 e. The van der Waals surface area contributed by atoms with Crippen molar-refractivity contribution in [1.82, 2.24) is 5.32 Å². The van der Waals surface area contributed by atoms with Crippen LogP contribution in [-0.4, -0.2) is 18.3 Å². The maximum atomic E-state index is 13.0. The number of nitrogens with one attached hydrogen (secondary N) is 1. The second-order valence-corrected chi connectivity index (χ2v) is 5.88. The highest BCUT2D eigenvalue weighted by atomic mass is 35.5. The van der Waals surface area contributed by atoms with Crippen molar-refractivity contribution in [3.05, 3.63) is 35.6 Å². The van der Waals surface area contributed by atoms with Crippen LogP contribution in [0.5, 0.6) is 0 Å². The molecule has 20 heavy (non-hydrogen) atoms. The fourth-order valence-electron chi connectivity index (χ4n) is 2.90. The Balaban J connectivity index is 1.79. The summed E-state index contributed by atoms with van der Waals surface area (Å²) in [6.45, 7) is 0.686. The van der Waals surface area contributed by atoms with Crippen molar-refractivity contribution >= 4 is 17.5 Å². The SMILES string of the molecule is O=C(Cc1cccc(F)c1)NCC1CCCCC1CCl. The highest BCUT2D eigenvalue weighted by Gasteiger charge is 2.24. The van der Waals surface area contributed by atoms with E-state index in [1.54, 1.807) is 12.1 Å². The minimum atomic E-state index is -0.301. The first-order valence-electron chi connectivity index (χ1n) is 7.26. The number of amides is 1. The Labute approximate surface area is 124 Å². The second-order valence-electron chi connectivity index (χ2n) is 5.57. The fraction of sp³-hybridized carbons (Fsp3) is 0.562. The number of hydrogen-bond donors (Lipinski definition) is 1. The second kappa shape index (κ2) is 7.63. The van der Waals surface area contributed by atoms with Crippen LogP contribution in [0.4, 0.5) is 4.39 Å². The standard InChI is InChI=1S/C16H21ClFNO/c17-10-13-5-1-2-6-14(13)11-19-16(20)9-12-4-3-7-15(18)8-12/h3-4,7-8,13-14H,1-2,5-6,9-11H2,(H,19,20). The predicted molar refractivity (Wildman–Crippen MR) is 79.3 cm³/mol. The molecule has 2 rings (SSSR count). The van der Waals surface area contributed by atoms with Gasteiger partial charge in [0.25, 0.3) is 0 Å². The van der Waals surface area contributed by atoms with Gasteiger partial charge in [-0.15, -0.1) is 11.6 Å². The largest absolute Gasteiger partial charge is 0.356 e. The van der Waals surface area contributed by atoms with Gasteiger partial charge in [-0.25, -0.2) is 4.39 Å². The lowest BCUT2D eigenvalue weighted by Gasteiger charge is -2.30. The molecule has 110 valence electrons. The summed E-state index contributed by atoms with van der Waals surface area (Å²) in [7, 11) is 0. The van der Waals surface area contributed by atoms with E-state index in [2.05, 4.69) is 5.32 Å². The first-order valence-corrected chi connectivity index (χ1v) is 7.79. The van der Waals surface area contributed by atoms with Gasteiger partial charge in [-0.3, -0.25) is 4.79 Å². The van der Waals surface area contributed by atoms with Crippen molar-refractivity contribution in [3.63, 3.8) is 0 Å². The highest BCUT2D eigenvalue weighted by Crippen LogP contribution is 2.30. The number of hydrogen-bond acceptors (Lipinski definition) is 1. The Hall–Kier alpha value is -1.09. The zero-order valence-electron chi connectivity index (χ0n) is 11.6. The molecule has 1 aromatic rings. The smallest absolute Gasteiger partial charge is 0.224 e. The Morgan fingerprint density at radius 3 is 2.75 bits per heavy atom. The molecule has 0 aromatic heterocycles. The summed E-state index contributed by atoms with van der Waals surface area (Å²) in [6, 6.07) is 6.18. The molecular formula is C16H21ClFNO. The van der Waals surface area contributed by atoms with E-state index in [4.69, 9.17) is 11.6 Å². The Morgan fingerprint density at radius 1 is 1.30 bits per heavy atom. The monoisotopic (exact) mass is 297 g/mol. The maximum absolute atomic E-state index is 13.0. The first-order chi connectivity index (χ1) is 9.69. The summed E-state index contributed by atoms with van der Waals surface area (Å²) in [6.07, 6.45) is 4.99. The van der Waals surface area contributed by atoms with E-state index in [0.29, 0.717) is 29.8 Å². The summed E-state index contributed by atoms with van der Waals surface area (Å²) in [5.41, 5.74) is 0.708. The molecule has 0 radical (unpaired) electrons. The molecule has 0 spiro atoms. The van der Waals surface area contributed by atoms with Gasteiger partial charge >= 0.3 is 0 Å². The van der Waals surface area contributed by atoms with Gasteiger partial charge in [-0.1, -0.05) is 25.0 Å². The Bertz CT molecular complexity index is 452. The fourth-order valence-corrected chi connectivity index (χ4v) is 3.30. The van der Waals surface area contributed by atoms with E-state index in [1.165, 1.54) is 25.0 Å². The third kappa shape index (κ3) is 4.48. The lowest BCUT2D eigenvalue weighted by molar-refractivity contribution is -0.120. The molecule has 1 aliphatic rings. The van der Waals surface area contributed by atoms with E-state index >= 15 is 0 Å². The Morgan fingerprint density at radius 2 is 2.05 bits per heavy atom. The van der Waals surface area contributed by atoms with Crippen LogP contribution >= 0.6 is 11.6 Å². The molecule has 1 amide bonds. The molecule has 1 fully saturated rings. The molecule has 2 atom stereocenters. The van der Waals surface area contributed by atoms with Crippen LogP contribution in [0.25, 0.3) is 0 Å². The van der Waals surface area contributed by atoms with Crippen LogP contribution in [0.2, 0.25) is 0 Å².